The van der Waals surface area contributed by atoms with Crippen LogP contribution in [0.4, 0.5) is 0 Å². The standard InChI is InChI=1S/C19H32N2/c1-6-16-10-8-9-11-17(16)13-21-14-19(5,7-2)20-12-18(21)15(3)4/h8-11,15,18,20H,6-7,12-14H2,1-5H3. The molecular weight excluding hydrogens is 256 g/mol. The molecule has 1 aliphatic heterocycles. The normalized spacial score (nSPS) is 27.2. The third-order valence-corrected chi connectivity index (χ3v) is 5.18. The maximum Gasteiger partial charge on any atom is 0.0278 e. The van der Waals surface area contributed by atoms with Crippen LogP contribution in [0.2, 0.25) is 0 Å². The number of benzene rings is 1. The van der Waals surface area contributed by atoms with Gasteiger partial charge in [0.25, 0.3) is 0 Å². The predicted octanol–water partition coefficient (Wildman–Crippen LogP) is 3.85. The van der Waals surface area contributed by atoms with E-state index < -0.39 is 0 Å². The van der Waals surface area contributed by atoms with Crippen molar-refractivity contribution in [3.8, 4) is 0 Å². The van der Waals surface area contributed by atoms with Gasteiger partial charge in [0.15, 0.2) is 0 Å². The van der Waals surface area contributed by atoms with Crippen LogP contribution in [0.15, 0.2) is 24.3 Å². The van der Waals surface area contributed by atoms with Crippen molar-refractivity contribution in [2.75, 3.05) is 13.1 Å². The van der Waals surface area contributed by atoms with Gasteiger partial charge in [-0.15, -0.1) is 0 Å². The summed E-state index contributed by atoms with van der Waals surface area (Å²) in [7, 11) is 0. The van der Waals surface area contributed by atoms with Crippen LogP contribution in [-0.4, -0.2) is 29.6 Å². The van der Waals surface area contributed by atoms with E-state index in [1.165, 1.54) is 17.5 Å². The van der Waals surface area contributed by atoms with E-state index in [1.807, 2.05) is 0 Å². The molecule has 0 aromatic heterocycles. The van der Waals surface area contributed by atoms with Crippen LogP contribution in [0.25, 0.3) is 0 Å². The van der Waals surface area contributed by atoms with Gasteiger partial charge in [-0.1, -0.05) is 52.0 Å². The summed E-state index contributed by atoms with van der Waals surface area (Å²) in [5.74, 6) is 0.688. The van der Waals surface area contributed by atoms with E-state index in [9.17, 15) is 0 Å². The van der Waals surface area contributed by atoms with Crippen molar-refractivity contribution in [3.63, 3.8) is 0 Å². The van der Waals surface area contributed by atoms with Gasteiger partial charge in [0, 0.05) is 31.2 Å². The van der Waals surface area contributed by atoms with Crippen molar-refractivity contribution in [2.24, 2.45) is 5.92 Å². The van der Waals surface area contributed by atoms with Gasteiger partial charge in [-0.25, -0.2) is 0 Å². The Morgan fingerprint density at radius 3 is 2.48 bits per heavy atom. The number of aryl methyl sites for hydroxylation is 1. The van der Waals surface area contributed by atoms with Crippen LogP contribution in [0.3, 0.4) is 0 Å². The van der Waals surface area contributed by atoms with Crippen LogP contribution in [-0.2, 0) is 13.0 Å². The molecule has 0 radical (unpaired) electrons. The molecule has 21 heavy (non-hydrogen) atoms. The van der Waals surface area contributed by atoms with Crippen LogP contribution in [0.1, 0.15) is 52.2 Å². The van der Waals surface area contributed by atoms with Crippen molar-refractivity contribution in [1.82, 2.24) is 10.2 Å². The smallest absolute Gasteiger partial charge is 0.0278 e. The van der Waals surface area contributed by atoms with E-state index in [2.05, 4.69) is 69.1 Å². The van der Waals surface area contributed by atoms with Gasteiger partial charge < -0.3 is 5.32 Å². The SMILES string of the molecule is CCc1ccccc1CN1CC(C)(CC)NCC1C(C)C. The molecule has 0 bridgehead atoms. The Hall–Kier alpha value is -0.860. The minimum Gasteiger partial charge on any atom is -0.309 e. The van der Waals surface area contributed by atoms with Crippen molar-refractivity contribution in [1.29, 1.82) is 0 Å². The molecule has 1 saturated heterocycles. The molecule has 1 N–H and O–H groups in total. The van der Waals surface area contributed by atoms with Crippen molar-refractivity contribution in [3.05, 3.63) is 35.4 Å². The fourth-order valence-corrected chi connectivity index (χ4v) is 3.44. The van der Waals surface area contributed by atoms with Gasteiger partial charge in [-0.3, -0.25) is 4.90 Å². The minimum absolute atomic E-state index is 0.256. The van der Waals surface area contributed by atoms with Gasteiger partial charge >= 0.3 is 0 Å². The molecule has 2 heteroatoms. The molecule has 1 aliphatic rings. The van der Waals surface area contributed by atoms with E-state index in [0.29, 0.717) is 12.0 Å². The molecule has 2 atom stereocenters. The van der Waals surface area contributed by atoms with E-state index in [1.54, 1.807) is 0 Å². The van der Waals surface area contributed by atoms with Crippen molar-refractivity contribution in [2.45, 2.75) is 65.6 Å². The molecule has 2 rings (SSSR count). The maximum atomic E-state index is 3.78. The van der Waals surface area contributed by atoms with Crippen LogP contribution < -0.4 is 5.32 Å². The third-order valence-electron chi connectivity index (χ3n) is 5.18. The second-order valence-corrected chi connectivity index (χ2v) is 7.13. The maximum absolute atomic E-state index is 3.78. The lowest BCUT2D eigenvalue weighted by Gasteiger charge is -2.47. The molecular formula is C19H32N2. The first-order chi connectivity index (χ1) is 9.99. The lowest BCUT2D eigenvalue weighted by molar-refractivity contribution is 0.0537. The van der Waals surface area contributed by atoms with E-state index >= 15 is 0 Å². The number of piperazine rings is 1. The second kappa shape index (κ2) is 6.93. The van der Waals surface area contributed by atoms with Gasteiger partial charge in [0.2, 0.25) is 0 Å². The first-order valence-electron chi connectivity index (χ1n) is 8.55. The Bertz CT molecular complexity index is 455. The van der Waals surface area contributed by atoms with Crippen molar-refractivity contribution < 1.29 is 0 Å². The Balaban J connectivity index is 2.20. The lowest BCUT2D eigenvalue weighted by atomic mass is 9.89. The molecule has 1 heterocycles. The summed E-state index contributed by atoms with van der Waals surface area (Å²) in [6.07, 6.45) is 2.31. The summed E-state index contributed by atoms with van der Waals surface area (Å²) in [4.78, 5) is 2.71. The number of hydrogen-bond donors (Lipinski definition) is 1. The van der Waals surface area contributed by atoms with Crippen LogP contribution in [0, 0.1) is 5.92 Å². The summed E-state index contributed by atoms with van der Waals surface area (Å²) in [5.41, 5.74) is 3.26. The summed E-state index contributed by atoms with van der Waals surface area (Å²) in [6, 6.07) is 9.56. The van der Waals surface area contributed by atoms with Gasteiger partial charge in [-0.2, -0.15) is 0 Å². The Labute approximate surface area is 130 Å². The highest BCUT2D eigenvalue weighted by Crippen LogP contribution is 2.25. The quantitative estimate of drug-likeness (QED) is 0.885. The number of nitrogens with zero attached hydrogens (tertiary/aromatic N) is 1. The highest BCUT2D eigenvalue weighted by molar-refractivity contribution is 5.27. The summed E-state index contributed by atoms with van der Waals surface area (Å²) < 4.78 is 0. The molecule has 0 aliphatic carbocycles. The molecule has 0 amide bonds. The van der Waals surface area contributed by atoms with Crippen LogP contribution in [0.5, 0.6) is 0 Å². The topological polar surface area (TPSA) is 15.3 Å². The number of nitrogens with one attached hydrogen (secondary N) is 1. The van der Waals surface area contributed by atoms with Crippen molar-refractivity contribution >= 4 is 0 Å². The zero-order valence-electron chi connectivity index (χ0n) is 14.4. The summed E-state index contributed by atoms with van der Waals surface area (Å²) in [5, 5.41) is 3.78. The second-order valence-electron chi connectivity index (χ2n) is 7.13. The molecule has 2 unspecified atom stereocenters. The fraction of sp³-hybridized carbons (Fsp3) is 0.684. The Kier molecular flexibility index (Phi) is 5.45. The molecule has 1 aromatic carbocycles. The monoisotopic (exact) mass is 288 g/mol. The van der Waals surface area contributed by atoms with Gasteiger partial charge in [0.05, 0.1) is 0 Å². The lowest BCUT2D eigenvalue weighted by Crippen LogP contribution is -2.63. The highest BCUT2D eigenvalue weighted by atomic mass is 15.3. The predicted molar refractivity (Wildman–Crippen MR) is 91.6 cm³/mol. The number of rotatable bonds is 5. The first-order valence-corrected chi connectivity index (χ1v) is 8.55. The minimum atomic E-state index is 0.256. The largest absolute Gasteiger partial charge is 0.309 e. The average molecular weight is 288 g/mol. The van der Waals surface area contributed by atoms with Crippen LogP contribution >= 0.6 is 0 Å². The fourth-order valence-electron chi connectivity index (χ4n) is 3.44. The molecule has 0 saturated carbocycles. The Morgan fingerprint density at radius 1 is 1.24 bits per heavy atom. The van der Waals surface area contributed by atoms with Gasteiger partial charge in [0.1, 0.15) is 0 Å². The highest BCUT2D eigenvalue weighted by Gasteiger charge is 2.35. The van der Waals surface area contributed by atoms with E-state index in [4.69, 9.17) is 0 Å². The summed E-state index contributed by atoms with van der Waals surface area (Å²) in [6.45, 7) is 14.9. The summed E-state index contributed by atoms with van der Waals surface area (Å²) >= 11 is 0. The van der Waals surface area contributed by atoms with E-state index in [-0.39, 0.29) is 5.54 Å². The molecule has 0 spiro atoms. The van der Waals surface area contributed by atoms with Gasteiger partial charge in [-0.05, 0) is 36.8 Å². The molecule has 1 fully saturated rings. The number of hydrogen-bond acceptors (Lipinski definition) is 2. The zero-order chi connectivity index (χ0) is 15.5. The molecule has 118 valence electrons. The Morgan fingerprint density at radius 2 is 1.90 bits per heavy atom. The molecule has 1 aromatic rings. The molecule has 2 nitrogen and oxygen atoms in total. The zero-order valence-corrected chi connectivity index (χ0v) is 14.4. The third kappa shape index (κ3) is 3.87. The average Bonchev–Trinajstić information content (AvgIpc) is 2.47. The van der Waals surface area contributed by atoms with E-state index in [0.717, 1.165) is 26.1 Å². The first kappa shape index (κ1) is 16.5.